The molecule has 0 N–H and O–H groups in total. The number of halogens is 1. The Morgan fingerprint density at radius 2 is 1.52 bits per heavy atom. The number of rotatable bonds is 4. The maximum Gasteiger partial charge on any atom is 0.338 e. The summed E-state index contributed by atoms with van der Waals surface area (Å²) in [6.45, 7) is 0.139. The Morgan fingerprint density at radius 3 is 2.10 bits per heavy atom. The first kappa shape index (κ1) is 18.1. The van der Waals surface area contributed by atoms with Crippen LogP contribution in [0.25, 0.3) is 0 Å². The first-order valence-corrected chi connectivity index (χ1v) is 9.98. The van der Waals surface area contributed by atoms with Crippen LogP contribution < -0.4 is 4.90 Å². The lowest BCUT2D eigenvalue weighted by Gasteiger charge is -2.17. The van der Waals surface area contributed by atoms with Gasteiger partial charge in [0, 0.05) is 5.02 Å². The van der Waals surface area contributed by atoms with E-state index in [9.17, 15) is 14.4 Å². The van der Waals surface area contributed by atoms with Crippen LogP contribution in [0.15, 0.2) is 60.7 Å². The zero-order valence-corrected chi connectivity index (χ0v) is 16.2. The number of hydrogen-bond donors (Lipinski definition) is 0. The summed E-state index contributed by atoms with van der Waals surface area (Å²) in [5, 5.41) is 0.620. The molecule has 0 radical (unpaired) electrons. The quantitative estimate of drug-likeness (QED) is 0.436. The number of imide groups is 1. The molecule has 0 unspecified atom stereocenters. The highest BCUT2D eigenvalue weighted by Crippen LogP contribution is 2.53. The predicted molar refractivity (Wildman–Crippen MR) is 107 cm³/mol. The highest BCUT2D eigenvalue weighted by molar-refractivity contribution is 6.30. The van der Waals surface area contributed by atoms with Gasteiger partial charge in [-0.25, -0.2) is 4.79 Å². The van der Waals surface area contributed by atoms with Gasteiger partial charge in [0.2, 0.25) is 11.8 Å². The van der Waals surface area contributed by atoms with Crippen LogP contribution in [0.3, 0.4) is 0 Å². The van der Waals surface area contributed by atoms with Crippen molar-refractivity contribution in [1.29, 1.82) is 0 Å². The number of esters is 1. The monoisotopic (exact) mass is 407 g/mol. The van der Waals surface area contributed by atoms with Crippen LogP contribution in [-0.2, 0) is 20.9 Å². The Hall–Kier alpha value is -2.92. The fourth-order valence-electron chi connectivity index (χ4n) is 4.72. The van der Waals surface area contributed by atoms with E-state index >= 15 is 0 Å². The molecule has 2 aromatic carbocycles. The van der Waals surface area contributed by atoms with Crippen molar-refractivity contribution in [2.75, 3.05) is 4.90 Å². The molecule has 2 aliphatic carbocycles. The number of hydrogen-bond acceptors (Lipinski definition) is 4. The lowest BCUT2D eigenvalue weighted by molar-refractivity contribution is -0.123. The summed E-state index contributed by atoms with van der Waals surface area (Å²) in [4.78, 5) is 39.3. The van der Waals surface area contributed by atoms with Crippen LogP contribution >= 0.6 is 11.6 Å². The van der Waals surface area contributed by atoms with Gasteiger partial charge in [0.1, 0.15) is 6.61 Å². The van der Waals surface area contributed by atoms with Crippen molar-refractivity contribution in [3.63, 3.8) is 0 Å². The van der Waals surface area contributed by atoms with Gasteiger partial charge in [0.25, 0.3) is 0 Å². The minimum absolute atomic E-state index is 0.130. The van der Waals surface area contributed by atoms with Gasteiger partial charge in [-0.2, -0.15) is 0 Å². The Balaban J connectivity index is 1.28. The standard InChI is InChI=1S/C23H18ClNO4/c24-17-7-1-13(2-8-17)12-29-23(28)14-5-9-18(10-6-14)25-21(26)19-15-3-4-16(11-15)20(19)22(25)27/h1-10,15-16,19-20H,11-12H2/t15-,16+,19-,20+. The summed E-state index contributed by atoms with van der Waals surface area (Å²) in [6.07, 6.45) is 5.04. The Bertz CT molecular complexity index is 998. The van der Waals surface area contributed by atoms with Gasteiger partial charge in [-0.3, -0.25) is 14.5 Å². The van der Waals surface area contributed by atoms with Crippen molar-refractivity contribution < 1.29 is 19.1 Å². The van der Waals surface area contributed by atoms with Crippen LogP contribution in [0.5, 0.6) is 0 Å². The number of anilines is 1. The molecule has 0 aromatic heterocycles. The minimum atomic E-state index is -0.468. The van der Waals surface area contributed by atoms with Crippen molar-refractivity contribution in [3.8, 4) is 0 Å². The first-order chi connectivity index (χ1) is 14.0. The predicted octanol–water partition coefficient (Wildman–Crippen LogP) is 4.01. The number of carbonyl (C=O) groups is 3. The van der Waals surface area contributed by atoms with E-state index in [0.29, 0.717) is 16.3 Å². The van der Waals surface area contributed by atoms with Gasteiger partial charge in [-0.1, -0.05) is 35.9 Å². The third kappa shape index (κ3) is 2.97. The maximum absolute atomic E-state index is 12.9. The van der Waals surface area contributed by atoms with Gasteiger partial charge in [0.05, 0.1) is 23.1 Å². The Morgan fingerprint density at radius 1 is 0.931 bits per heavy atom. The molecule has 6 heteroatoms. The largest absolute Gasteiger partial charge is 0.457 e. The van der Waals surface area contributed by atoms with E-state index in [-0.39, 0.29) is 42.1 Å². The first-order valence-electron chi connectivity index (χ1n) is 9.61. The smallest absolute Gasteiger partial charge is 0.338 e. The van der Waals surface area contributed by atoms with Crippen molar-refractivity contribution in [2.45, 2.75) is 13.0 Å². The molecule has 2 amide bonds. The van der Waals surface area contributed by atoms with E-state index in [0.717, 1.165) is 12.0 Å². The molecule has 2 bridgehead atoms. The van der Waals surface area contributed by atoms with Crippen molar-refractivity contribution in [3.05, 3.63) is 76.8 Å². The summed E-state index contributed by atoms with van der Waals surface area (Å²) in [6, 6.07) is 13.5. The second kappa shape index (κ2) is 6.85. The highest BCUT2D eigenvalue weighted by Gasteiger charge is 2.59. The number of carbonyl (C=O) groups excluding carboxylic acids is 3. The molecule has 3 aliphatic rings. The number of benzene rings is 2. The fourth-order valence-corrected chi connectivity index (χ4v) is 4.84. The molecule has 5 rings (SSSR count). The van der Waals surface area contributed by atoms with Gasteiger partial charge < -0.3 is 4.74 Å². The lowest BCUT2D eigenvalue weighted by atomic mass is 9.85. The van der Waals surface area contributed by atoms with E-state index in [2.05, 4.69) is 12.2 Å². The van der Waals surface area contributed by atoms with Crippen LogP contribution in [-0.4, -0.2) is 17.8 Å². The molecule has 1 saturated carbocycles. The third-order valence-electron chi connectivity index (χ3n) is 6.11. The Labute approximate surface area is 172 Å². The molecule has 4 atom stereocenters. The minimum Gasteiger partial charge on any atom is -0.457 e. The average molecular weight is 408 g/mol. The zero-order valence-electron chi connectivity index (χ0n) is 15.5. The number of amides is 2. The van der Waals surface area contributed by atoms with Crippen molar-refractivity contribution in [1.82, 2.24) is 0 Å². The number of fused-ring (bicyclic) bond motifs is 5. The van der Waals surface area contributed by atoms with Crippen LogP contribution in [0.4, 0.5) is 5.69 Å². The molecule has 5 nitrogen and oxygen atoms in total. The van der Waals surface area contributed by atoms with E-state index in [1.165, 1.54) is 4.90 Å². The SMILES string of the molecule is O=C(OCc1ccc(Cl)cc1)c1ccc(N2C(=O)[C@@H]3[C@H](C2=O)[C@@H]2C=C[C@H]3C2)cc1. The van der Waals surface area contributed by atoms with Gasteiger partial charge in [-0.15, -0.1) is 0 Å². The molecule has 146 valence electrons. The highest BCUT2D eigenvalue weighted by atomic mass is 35.5. The number of allylic oxidation sites excluding steroid dienone is 2. The molecular weight excluding hydrogens is 390 g/mol. The van der Waals surface area contributed by atoms with Crippen molar-refractivity contribution >= 4 is 35.1 Å². The zero-order chi connectivity index (χ0) is 20.1. The molecule has 1 heterocycles. The lowest BCUT2D eigenvalue weighted by Crippen LogP contribution is -2.32. The summed E-state index contributed by atoms with van der Waals surface area (Å²) in [5.41, 5.74) is 1.70. The van der Waals surface area contributed by atoms with Gasteiger partial charge in [-0.05, 0) is 60.2 Å². The molecule has 0 spiro atoms. The molecule has 2 fully saturated rings. The number of nitrogens with zero attached hydrogens (tertiary/aromatic N) is 1. The Kier molecular flexibility index (Phi) is 4.28. The topological polar surface area (TPSA) is 63.7 Å². The normalized spacial score (nSPS) is 26.9. The van der Waals surface area contributed by atoms with E-state index < -0.39 is 5.97 Å². The van der Waals surface area contributed by atoms with Gasteiger partial charge >= 0.3 is 5.97 Å². The van der Waals surface area contributed by atoms with E-state index in [1.54, 1.807) is 48.5 Å². The fraction of sp³-hybridized carbons (Fsp3) is 0.261. The summed E-state index contributed by atoms with van der Waals surface area (Å²) in [7, 11) is 0. The third-order valence-corrected chi connectivity index (χ3v) is 6.37. The summed E-state index contributed by atoms with van der Waals surface area (Å²) in [5.74, 6) is -0.848. The van der Waals surface area contributed by atoms with Crippen LogP contribution in [0, 0.1) is 23.7 Å². The molecule has 29 heavy (non-hydrogen) atoms. The summed E-state index contributed by atoms with van der Waals surface area (Å²) >= 11 is 5.85. The maximum atomic E-state index is 12.9. The van der Waals surface area contributed by atoms with Crippen molar-refractivity contribution in [2.24, 2.45) is 23.7 Å². The molecule has 2 aromatic rings. The molecular formula is C23H18ClNO4. The number of ether oxygens (including phenoxy) is 1. The van der Waals surface area contributed by atoms with Gasteiger partial charge in [0.15, 0.2) is 0 Å². The molecule has 1 aliphatic heterocycles. The van der Waals surface area contributed by atoms with E-state index in [1.807, 2.05) is 0 Å². The molecule has 1 saturated heterocycles. The van der Waals surface area contributed by atoms with Crippen LogP contribution in [0.1, 0.15) is 22.3 Å². The van der Waals surface area contributed by atoms with E-state index in [4.69, 9.17) is 16.3 Å². The van der Waals surface area contributed by atoms with Crippen LogP contribution in [0.2, 0.25) is 5.02 Å². The summed E-state index contributed by atoms with van der Waals surface area (Å²) < 4.78 is 5.32. The second-order valence-corrected chi connectivity index (χ2v) is 8.20. The average Bonchev–Trinajstić information content (AvgIpc) is 3.41. The second-order valence-electron chi connectivity index (χ2n) is 7.76.